The first-order chi connectivity index (χ1) is 8.67. The van der Waals surface area contributed by atoms with Gasteiger partial charge in [0, 0.05) is 21.8 Å². The van der Waals surface area contributed by atoms with E-state index in [4.69, 9.17) is 26.8 Å². The van der Waals surface area contributed by atoms with Gasteiger partial charge in [0.05, 0.1) is 14.2 Å². The molecule has 0 spiro atoms. The quantitative estimate of drug-likeness (QED) is 0.861. The molecule has 0 aliphatic heterocycles. The molecule has 0 fully saturated rings. The van der Waals surface area contributed by atoms with Crippen LogP contribution in [0.1, 0.15) is 0 Å². The van der Waals surface area contributed by atoms with E-state index in [0.29, 0.717) is 22.2 Å². The van der Waals surface area contributed by atoms with Crippen LogP contribution in [0.5, 0.6) is 11.5 Å². The molecule has 0 aliphatic carbocycles. The Morgan fingerprint density at radius 2 is 1.78 bits per heavy atom. The number of nitrogens with two attached hydrogens (primary N) is 1. The summed E-state index contributed by atoms with van der Waals surface area (Å²) in [4.78, 5) is 0. The summed E-state index contributed by atoms with van der Waals surface area (Å²) in [5.74, 6) is 1.31. The second kappa shape index (κ2) is 5.19. The van der Waals surface area contributed by atoms with Crippen LogP contribution >= 0.6 is 11.6 Å². The maximum absolute atomic E-state index is 6.01. The third-order valence-electron chi connectivity index (χ3n) is 2.71. The second-order valence-electron chi connectivity index (χ2n) is 3.77. The van der Waals surface area contributed by atoms with Crippen molar-refractivity contribution < 1.29 is 9.47 Å². The monoisotopic (exact) mass is 263 g/mol. The predicted molar refractivity (Wildman–Crippen MR) is 74.4 cm³/mol. The Hall–Kier alpha value is -1.87. The van der Waals surface area contributed by atoms with Crippen molar-refractivity contribution in [3.05, 3.63) is 41.4 Å². The zero-order valence-electron chi connectivity index (χ0n) is 10.2. The molecule has 0 atom stereocenters. The molecule has 0 unspecified atom stereocenters. The number of para-hydroxylation sites is 1. The van der Waals surface area contributed by atoms with Gasteiger partial charge < -0.3 is 15.2 Å². The van der Waals surface area contributed by atoms with Crippen molar-refractivity contribution in [2.75, 3.05) is 20.0 Å². The molecule has 0 radical (unpaired) electrons. The summed E-state index contributed by atoms with van der Waals surface area (Å²) >= 11 is 6.01. The van der Waals surface area contributed by atoms with Gasteiger partial charge in [0.2, 0.25) is 0 Å². The molecule has 0 bridgehead atoms. The number of ether oxygens (including phenoxy) is 2. The minimum Gasteiger partial charge on any atom is -0.493 e. The van der Waals surface area contributed by atoms with Crippen LogP contribution in [0.4, 0.5) is 5.69 Å². The number of methoxy groups -OCH3 is 2. The number of hydrogen-bond donors (Lipinski definition) is 1. The molecule has 18 heavy (non-hydrogen) atoms. The molecule has 2 rings (SSSR count). The predicted octanol–water partition coefficient (Wildman–Crippen LogP) is 3.61. The smallest absolute Gasteiger partial charge is 0.168 e. The van der Waals surface area contributed by atoms with Crippen LogP contribution in [0.25, 0.3) is 11.1 Å². The molecule has 94 valence electrons. The topological polar surface area (TPSA) is 44.5 Å². The highest BCUT2D eigenvalue weighted by Gasteiger charge is 2.13. The number of anilines is 1. The van der Waals surface area contributed by atoms with Gasteiger partial charge in [0.25, 0.3) is 0 Å². The highest BCUT2D eigenvalue weighted by molar-refractivity contribution is 6.31. The number of hydrogen-bond acceptors (Lipinski definition) is 3. The third-order valence-corrected chi connectivity index (χ3v) is 2.94. The van der Waals surface area contributed by atoms with E-state index in [9.17, 15) is 0 Å². The van der Waals surface area contributed by atoms with Crippen LogP contribution < -0.4 is 15.2 Å². The summed E-state index contributed by atoms with van der Waals surface area (Å²) < 4.78 is 10.7. The van der Waals surface area contributed by atoms with Gasteiger partial charge in [0.15, 0.2) is 11.5 Å². The first-order valence-corrected chi connectivity index (χ1v) is 5.81. The number of halogens is 1. The Bertz CT molecular complexity index is 570. The van der Waals surface area contributed by atoms with Crippen molar-refractivity contribution in [3.8, 4) is 22.6 Å². The summed E-state index contributed by atoms with van der Waals surface area (Å²) in [6, 6.07) is 11.0. The Balaban J connectivity index is 2.66. The van der Waals surface area contributed by atoms with Crippen LogP contribution in [0.15, 0.2) is 36.4 Å². The van der Waals surface area contributed by atoms with Crippen molar-refractivity contribution in [1.82, 2.24) is 0 Å². The van der Waals surface area contributed by atoms with E-state index in [-0.39, 0.29) is 0 Å². The van der Waals surface area contributed by atoms with Crippen LogP contribution in [-0.4, -0.2) is 14.2 Å². The van der Waals surface area contributed by atoms with E-state index in [2.05, 4.69) is 0 Å². The minimum atomic E-state index is 0.629. The molecule has 0 saturated heterocycles. The maximum atomic E-state index is 6.01. The Morgan fingerprint density at radius 3 is 2.44 bits per heavy atom. The zero-order valence-corrected chi connectivity index (χ0v) is 11.0. The first kappa shape index (κ1) is 12.6. The van der Waals surface area contributed by atoms with Gasteiger partial charge in [-0.3, -0.25) is 0 Å². The molecule has 0 aliphatic rings. The van der Waals surface area contributed by atoms with Gasteiger partial charge in [0.1, 0.15) is 0 Å². The number of nitrogen functional groups attached to an aromatic ring is 1. The van der Waals surface area contributed by atoms with Crippen LogP contribution in [0.2, 0.25) is 5.02 Å². The zero-order chi connectivity index (χ0) is 13.1. The Morgan fingerprint density at radius 1 is 1.00 bits per heavy atom. The highest BCUT2D eigenvalue weighted by Crippen LogP contribution is 2.40. The van der Waals surface area contributed by atoms with Crippen molar-refractivity contribution >= 4 is 17.3 Å². The molecule has 2 aromatic carbocycles. The van der Waals surface area contributed by atoms with Gasteiger partial charge in [-0.15, -0.1) is 0 Å². The van der Waals surface area contributed by atoms with E-state index in [1.807, 2.05) is 24.3 Å². The van der Waals surface area contributed by atoms with Crippen molar-refractivity contribution in [2.24, 2.45) is 0 Å². The van der Waals surface area contributed by atoms with Gasteiger partial charge >= 0.3 is 0 Å². The van der Waals surface area contributed by atoms with Gasteiger partial charge in [-0.25, -0.2) is 0 Å². The summed E-state index contributed by atoms with van der Waals surface area (Å²) in [6.07, 6.45) is 0. The van der Waals surface area contributed by atoms with Gasteiger partial charge in [-0.05, 0) is 24.3 Å². The summed E-state index contributed by atoms with van der Waals surface area (Å²) in [5, 5.41) is 0.629. The number of benzene rings is 2. The van der Waals surface area contributed by atoms with E-state index < -0.39 is 0 Å². The second-order valence-corrected chi connectivity index (χ2v) is 4.21. The lowest BCUT2D eigenvalue weighted by Gasteiger charge is -2.14. The van der Waals surface area contributed by atoms with Crippen molar-refractivity contribution in [2.45, 2.75) is 0 Å². The lowest BCUT2D eigenvalue weighted by atomic mass is 10.0. The molecule has 0 heterocycles. The summed E-state index contributed by atoms with van der Waals surface area (Å²) in [7, 11) is 3.20. The Kier molecular flexibility index (Phi) is 3.63. The molecule has 3 nitrogen and oxygen atoms in total. The fraction of sp³-hybridized carbons (Fsp3) is 0.143. The van der Waals surface area contributed by atoms with Crippen LogP contribution in [-0.2, 0) is 0 Å². The van der Waals surface area contributed by atoms with Crippen molar-refractivity contribution in [1.29, 1.82) is 0 Å². The average molecular weight is 264 g/mol. The minimum absolute atomic E-state index is 0.629. The van der Waals surface area contributed by atoms with Crippen molar-refractivity contribution in [3.63, 3.8) is 0 Å². The largest absolute Gasteiger partial charge is 0.493 e. The fourth-order valence-electron chi connectivity index (χ4n) is 1.86. The maximum Gasteiger partial charge on any atom is 0.168 e. The van der Waals surface area contributed by atoms with E-state index in [1.54, 1.807) is 26.4 Å². The fourth-order valence-corrected chi connectivity index (χ4v) is 2.03. The molecule has 4 heteroatoms. The van der Waals surface area contributed by atoms with E-state index in [1.165, 1.54) is 0 Å². The molecule has 0 aromatic heterocycles. The van der Waals surface area contributed by atoms with Crippen LogP contribution in [0, 0.1) is 0 Å². The molecule has 2 aromatic rings. The van der Waals surface area contributed by atoms with Gasteiger partial charge in [-0.1, -0.05) is 23.7 Å². The lowest BCUT2D eigenvalue weighted by Crippen LogP contribution is -1.95. The summed E-state index contributed by atoms with van der Waals surface area (Å²) in [5.41, 5.74) is 8.32. The first-order valence-electron chi connectivity index (χ1n) is 5.43. The summed E-state index contributed by atoms with van der Waals surface area (Å²) in [6.45, 7) is 0. The van der Waals surface area contributed by atoms with E-state index >= 15 is 0 Å². The molecular formula is C14H14ClNO2. The number of rotatable bonds is 3. The molecular weight excluding hydrogens is 250 g/mol. The average Bonchev–Trinajstić information content (AvgIpc) is 2.40. The van der Waals surface area contributed by atoms with Gasteiger partial charge in [-0.2, -0.15) is 0 Å². The normalized spacial score (nSPS) is 10.2. The van der Waals surface area contributed by atoms with Crippen LogP contribution in [0.3, 0.4) is 0 Å². The molecule has 2 N–H and O–H groups in total. The SMILES string of the molecule is COc1cccc(-c2cc(Cl)ccc2N)c1OC. The standard InChI is InChI=1S/C14H14ClNO2/c1-17-13-5-3-4-10(14(13)18-2)11-8-9(15)6-7-12(11)16/h3-8H,16H2,1-2H3. The molecule has 0 saturated carbocycles. The lowest BCUT2D eigenvalue weighted by molar-refractivity contribution is 0.356. The van der Waals surface area contributed by atoms with E-state index in [0.717, 1.165) is 11.1 Å². The third kappa shape index (κ3) is 2.22. The highest BCUT2D eigenvalue weighted by atomic mass is 35.5. The molecule has 0 amide bonds. The Labute approximate surface area is 111 Å².